The van der Waals surface area contributed by atoms with Gasteiger partial charge in [0.2, 0.25) is 5.95 Å². The Balaban J connectivity index is 1.83. The van der Waals surface area contributed by atoms with Gasteiger partial charge in [0, 0.05) is 28.1 Å². The summed E-state index contributed by atoms with van der Waals surface area (Å²) in [5, 5.41) is 3.57. The summed E-state index contributed by atoms with van der Waals surface area (Å²) < 4.78 is 40.3. The van der Waals surface area contributed by atoms with Gasteiger partial charge in [-0.25, -0.2) is 9.97 Å². The van der Waals surface area contributed by atoms with Crippen LogP contribution < -0.4 is 5.32 Å². The molecular formula is C17H20BrF3N4. The van der Waals surface area contributed by atoms with Crippen molar-refractivity contribution in [2.45, 2.75) is 43.9 Å². The van der Waals surface area contributed by atoms with E-state index in [4.69, 9.17) is 0 Å². The minimum Gasteiger partial charge on any atom is -0.351 e. The third-order valence-electron chi connectivity index (χ3n) is 4.71. The maximum atomic E-state index is 13.3. The molecule has 0 atom stereocenters. The van der Waals surface area contributed by atoms with Gasteiger partial charge in [0.05, 0.1) is 11.1 Å². The third-order valence-corrected chi connectivity index (χ3v) is 5.17. The first-order chi connectivity index (χ1) is 11.7. The van der Waals surface area contributed by atoms with Gasteiger partial charge in [-0.15, -0.1) is 0 Å². The molecule has 0 aliphatic heterocycles. The zero-order valence-corrected chi connectivity index (χ0v) is 15.7. The van der Waals surface area contributed by atoms with Gasteiger partial charge < -0.3 is 10.2 Å². The number of aromatic nitrogens is 2. The molecule has 4 nitrogen and oxygen atoms in total. The van der Waals surface area contributed by atoms with Crippen LogP contribution in [0.15, 0.2) is 22.8 Å². The van der Waals surface area contributed by atoms with E-state index >= 15 is 0 Å². The SMILES string of the molecule is CN(C)[C@H]1CC[C@H](Nc2ncc3cc(Br)cc(C(F)(F)F)c3n2)CC1. The van der Waals surface area contributed by atoms with Crippen LogP contribution in [0.5, 0.6) is 0 Å². The number of fused-ring (bicyclic) bond motifs is 1. The van der Waals surface area contributed by atoms with Crippen molar-refractivity contribution >= 4 is 32.8 Å². The van der Waals surface area contributed by atoms with Gasteiger partial charge in [-0.3, -0.25) is 0 Å². The summed E-state index contributed by atoms with van der Waals surface area (Å²) in [5.41, 5.74) is -0.825. The largest absolute Gasteiger partial charge is 0.418 e. The molecule has 1 saturated carbocycles. The number of hydrogen-bond acceptors (Lipinski definition) is 4. The van der Waals surface area contributed by atoms with Crippen LogP contribution in [0.2, 0.25) is 0 Å². The van der Waals surface area contributed by atoms with Gasteiger partial charge in [-0.1, -0.05) is 15.9 Å². The van der Waals surface area contributed by atoms with Crippen molar-refractivity contribution in [3.63, 3.8) is 0 Å². The van der Waals surface area contributed by atoms with Crippen LogP contribution in [0.3, 0.4) is 0 Å². The molecule has 0 bridgehead atoms. The van der Waals surface area contributed by atoms with E-state index in [1.54, 1.807) is 6.07 Å². The molecule has 3 rings (SSSR count). The summed E-state index contributed by atoms with van der Waals surface area (Å²) in [6.45, 7) is 0. The monoisotopic (exact) mass is 416 g/mol. The fourth-order valence-corrected chi connectivity index (χ4v) is 3.79. The Morgan fingerprint density at radius 3 is 2.44 bits per heavy atom. The third kappa shape index (κ3) is 4.23. The van der Waals surface area contributed by atoms with E-state index in [9.17, 15) is 13.2 Å². The molecule has 0 saturated heterocycles. The molecule has 1 N–H and O–H groups in total. The van der Waals surface area contributed by atoms with Crippen molar-refractivity contribution in [3.8, 4) is 0 Å². The molecule has 0 spiro atoms. The van der Waals surface area contributed by atoms with Crippen molar-refractivity contribution in [1.29, 1.82) is 0 Å². The van der Waals surface area contributed by atoms with E-state index in [2.05, 4.69) is 50.2 Å². The first-order valence-corrected chi connectivity index (χ1v) is 9.00. The number of halogens is 4. The molecule has 0 unspecified atom stereocenters. The Morgan fingerprint density at radius 1 is 1.16 bits per heavy atom. The van der Waals surface area contributed by atoms with Gasteiger partial charge in [0.25, 0.3) is 0 Å². The summed E-state index contributed by atoms with van der Waals surface area (Å²) in [6.07, 6.45) is 0.999. The second kappa shape index (κ2) is 7.07. The molecule has 0 amide bonds. The molecule has 8 heteroatoms. The summed E-state index contributed by atoms with van der Waals surface area (Å²) in [5.74, 6) is 0.258. The predicted molar refractivity (Wildman–Crippen MR) is 95.6 cm³/mol. The topological polar surface area (TPSA) is 41.0 Å². The smallest absolute Gasteiger partial charge is 0.351 e. The first kappa shape index (κ1) is 18.4. The molecule has 0 radical (unpaired) electrons. The quantitative estimate of drug-likeness (QED) is 0.787. The van der Waals surface area contributed by atoms with Crippen LogP contribution in [0.4, 0.5) is 19.1 Å². The second-order valence-electron chi connectivity index (χ2n) is 6.70. The number of nitrogens with one attached hydrogen (secondary N) is 1. The van der Waals surface area contributed by atoms with E-state index in [0.29, 0.717) is 15.9 Å². The molecular weight excluding hydrogens is 397 g/mol. The minimum absolute atomic E-state index is 0.0739. The maximum Gasteiger partial charge on any atom is 0.418 e. The van der Waals surface area contributed by atoms with Crippen molar-refractivity contribution in [2.24, 2.45) is 0 Å². The molecule has 1 fully saturated rings. The van der Waals surface area contributed by atoms with Crippen LogP contribution in [0, 0.1) is 0 Å². The number of anilines is 1. The van der Waals surface area contributed by atoms with Crippen molar-refractivity contribution in [3.05, 3.63) is 28.4 Å². The fraction of sp³-hybridized carbons (Fsp3) is 0.529. The molecule has 25 heavy (non-hydrogen) atoms. The van der Waals surface area contributed by atoms with Gasteiger partial charge in [0.15, 0.2) is 0 Å². The number of alkyl halides is 3. The minimum atomic E-state index is -4.46. The predicted octanol–water partition coefficient (Wildman–Crippen LogP) is 4.70. The highest BCUT2D eigenvalue weighted by molar-refractivity contribution is 9.10. The normalized spacial score (nSPS) is 21.7. The molecule has 1 aromatic carbocycles. The van der Waals surface area contributed by atoms with Gasteiger partial charge in [0.1, 0.15) is 0 Å². The lowest BCUT2D eigenvalue weighted by atomic mass is 9.90. The molecule has 1 heterocycles. The van der Waals surface area contributed by atoms with Crippen LogP contribution in [-0.2, 0) is 6.18 Å². The molecule has 136 valence electrons. The number of hydrogen-bond donors (Lipinski definition) is 1. The number of rotatable bonds is 3. The van der Waals surface area contributed by atoms with Gasteiger partial charge in [-0.05, 0) is 51.9 Å². The lowest BCUT2D eigenvalue weighted by molar-refractivity contribution is -0.136. The fourth-order valence-electron chi connectivity index (χ4n) is 3.31. The highest BCUT2D eigenvalue weighted by Gasteiger charge is 2.34. The number of benzene rings is 1. The standard InChI is InChI=1S/C17H20BrF3N4/c1-25(2)13-5-3-12(4-6-13)23-16-22-9-10-7-11(18)8-14(15(10)24-16)17(19,20)21/h7-9,12-13H,3-6H2,1-2H3,(H,22,23,24)/t12-,13-. The lowest BCUT2D eigenvalue weighted by Crippen LogP contribution is -2.36. The molecule has 1 aromatic heterocycles. The van der Waals surface area contributed by atoms with Gasteiger partial charge in [-0.2, -0.15) is 13.2 Å². The van der Waals surface area contributed by atoms with E-state index in [1.165, 1.54) is 6.20 Å². The zero-order valence-electron chi connectivity index (χ0n) is 14.1. The average Bonchev–Trinajstić information content (AvgIpc) is 2.54. The summed E-state index contributed by atoms with van der Waals surface area (Å²) in [7, 11) is 4.14. The van der Waals surface area contributed by atoms with E-state index in [-0.39, 0.29) is 17.5 Å². The zero-order chi connectivity index (χ0) is 18.2. The molecule has 1 aliphatic carbocycles. The van der Waals surface area contributed by atoms with Crippen LogP contribution in [0.1, 0.15) is 31.2 Å². The highest BCUT2D eigenvalue weighted by atomic mass is 79.9. The first-order valence-electron chi connectivity index (χ1n) is 8.20. The molecule has 2 aromatic rings. The van der Waals surface area contributed by atoms with E-state index in [1.807, 2.05) is 0 Å². The Bertz CT molecular complexity index is 755. The summed E-state index contributed by atoms with van der Waals surface area (Å²) >= 11 is 3.12. The summed E-state index contributed by atoms with van der Waals surface area (Å²) in [6, 6.07) is 3.40. The van der Waals surface area contributed by atoms with Crippen LogP contribution >= 0.6 is 15.9 Å². The van der Waals surface area contributed by atoms with E-state index < -0.39 is 11.7 Å². The molecule has 1 aliphatic rings. The van der Waals surface area contributed by atoms with Gasteiger partial charge >= 0.3 is 6.18 Å². The summed E-state index contributed by atoms with van der Waals surface area (Å²) in [4.78, 5) is 10.6. The lowest BCUT2D eigenvalue weighted by Gasteiger charge is -2.32. The Kier molecular flexibility index (Phi) is 5.20. The van der Waals surface area contributed by atoms with Crippen molar-refractivity contribution in [1.82, 2.24) is 14.9 Å². The van der Waals surface area contributed by atoms with E-state index in [0.717, 1.165) is 31.7 Å². The van der Waals surface area contributed by atoms with Crippen LogP contribution in [-0.4, -0.2) is 41.0 Å². The van der Waals surface area contributed by atoms with Crippen molar-refractivity contribution < 1.29 is 13.2 Å². The average molecular weight is 417 g/mol. The Labute approximate surface area is 153 Å². The Hall–Kier alpha value is -1.41. The Morgan fingerprint density at radius 2 is 1.84 bits per heavy atom. The van der Waals surface area contributed by atoms with Crippen molar-refractivity contribution in [2.75, 3.05) is 19.4 Å². The highest BCUT2D eigenvalue weighted by Crippen LogP contribution is 2.36. The second-order valence-corrected chi connectivity index (χ2v) is 7.61. The maximum absolute atomic E-state index is 13.3. The number of nitrogens with zero attached hydrogens (tertiary/aromatic N) is 3. The van der Waals surface area contributed by atoms with Crippen LogP contribution in [0.25, 0.3) is 10.9 Å².